The molecule has 8 nitrogen and oxygen atoms in total. The molecule has 1 aromatic heterocycles. The van der Waals surface area contributed by atoms with E-state index in [-0.39, 0.29) is 18.9 Å². The number of rotatable bonds is 8. The molecule has 2 rings (SSSR count). The first kappa shape index (κ1) is 17.3. The van der Waals surface area contributed by atoms with Crippen molar-refractivity contribution in [2.45, 2.75) is 13.0 Å². The van der Waals surface area contributed by atoms with Crippen molar-refractivity contribution in [2.75, 3.05) is 20.2 Å². The number of amides is 2. The summed E-state index contributed by atoms with van der Waals surface area (Å²) < 4.78 is 7.22. The number of aromatic nitrogens is 1. The first-order valence-electron chi connectivity index (χ1n) is 7.38. The number of methoxy groups -OCH3 is 1. The Hall–Kier alpha value is -3.03. The Morgan fingerprint density at radius 1 is 1.12 bits per heavy atom. The average Bonchev–Trinajstić information content (AvgIpc) is 2.99. The van der Waals surface area contributed by atoms with Crippen LogP contribution in [0.5, 0.6) is 5.75 Å². The van der Waals surface area contributed by atoms with E-state index in [0.29, 0.717) is 6.54 Å². The second kappa shape index (κ2) is 8.00. The summed E-state index contributed by atoms with van der Waals surface area (Å²) >= 11 is 0. The Morgan fingerprint density at radius 3 is 2.58 bits per heavy atom. The van der Waals surface area contributed by atoms with E-state index < -0.39 is 18.4 Å². The van der Waals surface area contributed by atoms with Gasteiger partial charge in [0.2, 0.25) is 11.8 Å². The summed E-state index contributed by atoms with van der Waals surface area (Å²) in [5.41, 5.74) is 0.960. The van der Waals surface area contributed by atoms with Gasteiger partial charge in [0.05, 0.1) is 19.2 Å². The van der Waals surface area contributed by atoms with Crippen molar-refractivity contribution in [3.63, 3.8) is 0 Å². The van der Waals surface area contributed by atoms with Crippen molar-refractivity contribution in [1.82, 2.24) is 15.2 Å². The predicted molar refractivity (Wildman–Crippen MR) is 86.8 cm³/mol. The fraction of sp³-hybridized carbons (Fsp3) is 0.312. The molecule has 0 spiro atoms. The SMILES string of the molecule is COc1cccc2c1ccn2CCC(=O)NCC(=O)NCC(=O)O. The van der Waals surface area contributed by atoms with Crippen LogP contribution in [0, 0.1) is 0 Å². The largest absolute Gasteiger partial charge is 0.496 e. The minimum Gasteiger partial charge on any atom is -0.496 e. The lowest BCUT2D eigenvalue weighted by Crippen LogP contribution is -2.39. The third-order valence-corrected chi connectivity index (χ3v) is 3.46. The van der Waals surface area contributed by atoms with Crippen LogP contribution in [0.3, 0.4) is 0 Å². The van der Waals surface area contributed by atoms with E-state index in [1.54, 1.807) is 7.11 Å². The normalized spacial score (nSPS) is 10.4. The zero-order valence-corrected chi connectivity index (χ0v) is 13.2. The minimum atomic E-state index is -1.13. The molecule has 3 N–H and O–H groups in total. The highest BCUT2D eigenvalue weighted by molar-refractivity contribution is 5.88. The average molecular weight is 333 g/mol. The molecule has 24 heavy (non-hydrogen) atoms. The number of benzene rings is 1. The van der Waals surface area contributed by atoms with Crippen LogP contribution >= 0.6 is 0 Å². The van der Waals surface area contributed by atoms with Crippen LogP contribution in [-0.4, -0.2) is 47.7 Å². The maximum Gasteiger partial charge on any atom is 0.322 e. The van der Waals surface area contributed by atoms with Crippen LogP contribution in [-0.2, 0) is 20.9 Å². The number of fused-ring (bicyclic) bond motifs is 1. The van der Waals surface area contributed by atoms with Crippen LogP contribution in [0.15, 0.2) is 30.5 Å². The first-order chi connectivity index (χ1) is 11.5. The van der Waals surface area contributed by atoms with Gasteiger partial charge in [0.1, 0.15) is 12.3 Å². The van der Waals surface area contributed by atoms with Gasteiger partial charge in [0.15, 0.2) is 0 Å². The topological polar surface area (TPSA) is 110 Å². The molecule has 1 heterocycles. The highest BCUT2D eigenvalue weighted by Gasteiger charge is 2.09. The number of carboxylic acid groups (broad SMARTS) is 1. The fourth-order valence-corrected chi connectivity index (χ4v) is 2.29. The molecule has 0 atom stereocenters. The van der Waals surface area contributed by atoms with Crippen molar-refractivity contribution in [3.8, 4) is 5.75 Å². The summed E-state index contributed by atoms with van der Waals surface area (Å²) in [7, 11) is 1.61. The molecule has 0 fully saturated rings. The molecule has 0 unspecified atom stereocenters. The molecule has 0 aliphatic heterocycles. The molecule has 2 amide bonds. The van der Waals surface area contributed by atoms with Gasteiger partial charge >= 0.3 is 5.97 Å². The van der Waals surface area contributed by atoms with Gasteiger partial charge in [0.25, 0.3) is 0 Å². The minimum absolute atomic E-state index is 0.202. The lowest BCUT2D eigenvalue weighted by Gasteiger charge is -2.08. The molecular formula is C16H19N3O5. The van der Waals surface area contributed by atoms with Crippen molar-refractivity contribution in [3.05, 3.63) is 30.5 Å². The number of carbonyl (C=O) groups is 3. The molecule has 0 radical (unpaired) electrons. The molecular weight excluding hydrogens is 314 g/mol. The number of aliphatic carboxylic acids is 1. The van der Waals surface area contributed by atoms with E-state index in [9.17, 15) is 14.4 Å². The van der Waals surface area contributed by atoms with E-state index in [4.69, 9.17) is 9.84 Å². The molecule has 0 aliphatic rings. The van der Waals surface area contributed by atoms with Crippen LogP contribution in [0.2, 0.25) is 0 Å². The summed E-state index contributed by atoms with van der Waals surface area (Å²) in [4.78, 5) is 33.4. The van der Waals surface area contributed by atoms with Crippen molar-refractivity contribution < 1.29 is 24.2 Å². The zero-order valence-electron chi connectivity index (χ0n) is 13.2. The number of hydrogen-bond acceptors (Lipinski definition) is 4. The second-order valence-corrected chi connectivity index (χ2v) is 5.10. The fourth-order valence-electron chi connectivity index (χ4n) is 2.29. The summed E-state index contributed by atoms with van der Waals surface area (Å²) in [5, 5.41) is 14.0. The number of carbonyl (C=O) groups excluding carboxylic acids is 2. The predicted octanol–water partition coefficient (Wildman–Crippen LogP) is 0.357. The van der Waals surface area contributed by atoms with Gasteiger partial charge in [-0.2, -0.15) is 0 Å². The van der Waals surface area contributed by atoms with E-state index in [0.717, 1.165) is 16.7 Å². The highest BCUT2D eigenvalue weighted by Crippen LogP contribution is 2.26. The zero-order chi connectivity index (χ0) is 17.5. The summed E-state index contributed by atoms with van der Waals surface area (Å²) in [6, 6.07) is 7.61. The van der Waals surface area contributed by atoms with Gasteiger partial charge in [0, 0.05) is 24.5 Å². The van der Waals surface area contributed by atoms with E-state index >= 15 is 0 Å². The first-order valence-corrected chi connectivity index (χ1v) is 7.38. The third kappa shape index (κ3) is 4.48. The Bertz CT molecular complexity index is 753. The number of ether oxygens (including phenoxy) is 1. The number of hydrogen-bond donors (Lipinski definition) is 3. The molecule has 0 saturated heterocycles. The number of nitrogens with zero attached hydrogens (tertiary/aromatic N) is 1. The van der Waals surface area contributed by atoms with Crippen LogP contribution in [0.1, 0.15) is 6.42 Å². The molecule has 128 valence electrons. The number of carboxylic acids is 1. The van der Waals surface area contributed by atoms with Gasteiger partial charge in [-0.05, 0) is 18.2 Å². The van der Waals surface area contributed by atoms with Crippen LogP contribution in [0.4, 0.5) is 0 Å². The Morgan fingerprint density at radius 2 is 1.88 bits per heavy atom. The quantitative estimate of drug-likeness (QED) is 0.646. The van der Waals surface area contributed by atoms with E-state index in [1.165, 1.54) is 0 Å². The molecule has 1 aromatic carbocycles. The molecule has 0 aliphatic carbocycles. The summed E-state index contributed by atoms with van der Waals surface area (Å²) in [5.74, 6) is -1.19. The second-order valence-electron chi connectivity index (χ2n) is 5.10. The highest BCUT2D eigenvalue weighted by atomic mass is 16.5. The molecule has 8 heteroatoms. The Kier molecular flexibility index (Phi) is 5.78. The van der Waals surface area contributed by atoms with Gasteiger partial charge < -0.3 is 25.0 Å². The lowest BCUT2D eigenvalue weighted by molar-refractivity contribution is -0.137. The Balaban J connectivity index is 1.84. The van der Waals surface area contributed by atoms with E-state index in [2.05, 4.69) is 10.6 Å². The monoisotopic (exact) mass is 333 g/mol. The van der Waals surface area contributed by atoms with Crippen molar-refractivity contribution in [2.24, 2.45) is 0 Å². The maximum atomic E-state index is 11.8. The van der Waals surface area contributed by atoms with Crippen LogP contribution < -0.4 is 15.4 Å². The van der Waals surface area contributed by atoms with Gasteiger partial charge in [-0.3, -0.25) is 14.4 Å². The van der Waals surface area contributed by atoms with Crippen LogP contribution in [0.25, 0.3) is 10.9 Å². The smallest absolute Gasteiger partial charge is 0.322 e. The van der Waals surface area contributed by atoms with Crippen molar-refractivity contribution >= 4 is 28.7 Å². The number of aryl methyl sites for hydroxylation is 1. The summed E-state index contributed by atoms with van der Waals surface area (Å²) in [6.45, 7) is -0.252. The lowest BCUT2D eigenvalue weighted by atomic mass is 10.2. The van der Waals surface area contributed by atoms with Gasteiger partial charge in [-0.1, -0.05) is 6.07 Å². The summed E-state index contributed by atoms with van der Waals surface area (Å²) in [6.07, 6.45) is 2.08. The van der Waals surface area contributed by atoms with E-state index in [1.807, 2.05) is 35.0 Å². The Labute approximate surface area is 138 Å². The number of nitrogens with one attached hydrogen (secondary N) is 2. The van der Waals surface area contributed by atoms with Gasteiger partial charge in [-0.15, -0.1) is 0 Å². The maximum absolute atomic E-state index is 11.8. The third-order valence-electron chi connectivity index (χ3n) is 3.46. The van der Waals surface area contributed by atoms with Gasteiger partial charge in [-0.25, -0.2) is 0 Å². The standard InChI is InChI=1S/C16H19N3O5/c1-24-13-4-2-3-12-11(13)5-7-19(12)8-6-14(20)17-9-15(21)18-10-16(22)23/h2-5,7H,6,8-10H2,1H3,(H,17,20)(H,18,21)(H,22,23). The molecule has 0 bridgehead atoms. The molecule has 2 aromatic rings. The molecule has 0 saturated carbocycles. The van der Waals surface area contributed by atoms with Crippen molar-refractivity contribution in [1.29, 1.82) is 0 Å².